The first-order valence-electron chi connectivity index (χ1n) is 5.53. The minimum atomic E-state index is -0.135. The van der Waals surface area contributed by atoms with Crippen molar-refractivity contribution in [3.05, 3.63) is 18.2 Å². The lowest BCUT2D eigenvalue weighted by Crippen LogP contribution is -2.22. The van der Waals surface area contributed by atoms with E-state index in [0.29, 0.717) is 17.9 Å². The Morgan fingerprint density at radius 1 is 1.28 bits per heavy atom. The average molecular weight is 267 g/mol. The maximum atomic E-state index is 11.1. The average Bonchev–Trinajstić information content (AvgIpc) is 2.25. The fraction of sp³-hybridized carbons (Fsp3) is 0.333. The minimum absolute atomic E-state index is 0.0463. The standard InChI is InChI=1S/C12H17N3O2S/c1-8(16)14-5-6-18-12-4-3-10(13)7-11(12)15-9(2)17/h3-4,7H,5-6,13H2,1-2H3,(H,14,16)(H,15,17). The fourth-order valence-electron chi connectivity index (χ4n) is 1.35. The van der Waals surface area contributed by atoms with Gasteiger partial charge in [0.2, 0.25) is 11.8 Å². The van der Waals surface area contributed by atoms with Crippen molar-refractivity contribution in [1.29, 1.82) is 0 Å². The molecule has 98 valence electrons. The second-order valence-corrected chi connectivity index (χ2v) is 4.90. The molecule has 0 bridgehead atoms. The summed E-state index contributed by atoms with van der Waals surface area (Å²) in [5, 5.41) is 5.45. The van der Waals surface area contributed by atoms with Crippen molar-refractivity contribution in [1.82, 2.24) is 5.32 Å². The summed E-state index contributed by atoms with van der Waals surface area (Å²) in [6.07, 6.45) is 0. The van der Waals surface area contributed by atoms with Gasteiger partial charge in [-0.2, -0.15) is 0 Å². The van der Waals surface area contributed by atoms with Gasteiger partial charge in [0.1, 0.15) is 0 Å². The topological polar surface area (TPSA) is 84.2 Å². The maximum Gasteiger partial charge on any atom is 0.221 e. The predicted molar refractivity (Wildman–Crippen MR) is 74.6 cm³/mol. The van der Waals surface area contributed by atoms with Crippen LogP contribution in [0.15, 0.2) is 23.1 Å². The van der Waals surface area contributed by atoms with Gasteiger partial charge in [-0.3, -0.25) is 9.59 Å². The molecule has 0 unspecified atom stereocenters. The van der Waals surface area contributed by atoms with Crippen LogP contribution in [0.2, 0.25) is 0 Å². The number of nitrogen functional groups attached to an aromatic ring is 1. The third kappa shape index (κ3) is 5.09. The van der Waals surface area contributed by atoms with Crippen molar-refractivity contribution in [2.24, 2.45) is 0 Å². The zero-order valence-corrected chi connectivity index (χ0v) is 11.3. The summed E-state index contributed by atoms with van der Waals surface area (Å²) < 4.78 is 0. The van der Waals surface area contributed by atoms with Crippen LogP contribution in [0.1, 0.15) is 13.8 Å². The molecule has 0 heterocycles. The third-order valence-corrected chi connectivity index (χ3v) is 3.12. The Morgan fingerprint density at radius 3 is 2.61 bits per heavy atom. The monoisotopic (exact) mass is 267 g/mol. The van der Waals surface area contributed by atoms with Crippen molar-refractivity contribution in [2.45, 2.75) is 18.7 Å². The van der Waals surface area contributed by atoms with Crippen molar-refractivity contribution in [3.63, 3.8) is 0 Å². The molecule has 6 heteroatoms. The number of rotatable bonds is 5. The van der Waals surface area contributed by atoms with E-state index >= 15 is 0 Å². The molecule has 0 aliphatic carbocycles. The number of carbonyl (C=O) groups excluding carboxylic acids is 2. The molecule has 0 aliphatic rings. The first-order chi connectivity index (χ1) is 8.49. The Morgan fingerprint density at radius 2 is 2.00 bits per heavy atom. The second kappa shape index (κ2) is 6.90. The van der Waals surface area contributed by atoms with E-state index in [4.69, 9.17) is 5.73 Å². The van der Waals surface area contributed by atoms with Crippen LogP contribution in [-0.4, -0.2) is 24.1 Å². The molecular formula is C12H17N3O2S. The van der Waals surface area contributed by atoms with Gasteiger partial charge < -0.3 is 16.4 Å². The first kappa shape index (κ1) is 14.4. The summed E-state index contributed by atoms with van der Waals surface area (Å²) in [6.45, 7) is 3.52. The summed E-state index contributed by atoms with van der Waals surface area (Å²) in [5.41, 5.74) is 6.99. The number of hydrogen-bond donors (Lipinski definition) is 3. The lowest BCUT2D eigenvalue weighted by atomic mass is 10.3. The Kier molecular flexibility index (Phi) is 5.51. The van der Waals surface area contributed by atoms with E-state index < -0.39 is 0 Å². The van der Waals surface area contributed by atoms with Gasteiger partial charge in [0, 0.05) is 36.7 Å². The van der Waals surface area contributed by atoms with Gasteiger partial charge in [0.15, 0.2) is 0 Å². The molecule has 0 saturated heterocycles. The van der Waals surface area contributed by atoms with E-state index in [0.717, 1.165) is 10.6 Å². The van der Waals surface area contributed by atoms with Crippen molar-refractivity contribution in [3.8, 4) is 0 Å². The van der Waals surface area contributed by atoms with Crippen LogP contribution in [0.3, 0.4) is 0 Å². The van der Waals surface area contributed by atoms with Crippen LogP contribution >= 0.6 is 11.8 Å². The Balaban J connectivity index is 2.63. The first-order valence-corrected chi connectivity index (χ1v) is 6.52. The highest BCUT2D eigenvalue weighted by Crippen LogP contribution is 2.28. The number of nitrogens with two attached hydrogens (primary N) is 1. The normalized spacial score (nSPS) is 9.89. The quantitative estimate of drug-likeness (QED) is 0.428. The van der Waals surface area contributed by atoms with Crippen molar-refractivity contribution in [2.75, 3.05) is 23.3 Å². The zero-order chi connectivity index (χ0) is 13.5. The molecule has 18 heavy (non-hydrogen) atoms. The summed E-state index contributed by atoms with van der Waals surface area (Å²) in [5.74, 6) is 0.551. The van der Waals surface area contributed by atoms with E-state index in [1.54, 1.807) is 23.9 Å². The van der Waals surface area contributed by atoms with Gasteiger partial charge in [-0.1, -0.05) is 0 Å². The van der Waals surface area contributed by atoms with Crippen LogP contribution in [0, 0.1) is 0 Å². The lowest BCUT2D eigenvalue weighted by Gasteiger charge is -2.10. The highest BCUT2D eigenvalue weighted by atomic mass is 32.2. The number of nitrogens with one attached hydrogen (secondary N) is 2. The molecule has 0 radical (unpaired) electrons. The molecule has 0 aliphatic heterocycles. The van der Waals surface area contributed by atoms with E-state index in [-0.39, 0.29) is 11.8 Å². The Hall–Kier alpha value is -1.69. The van der Waals surface area contributed by atoms with E-state index in [2.05, 4.69) is 10.6 Å². The van der Waals surface area contributed by atoms with Gasteiger partial charge in [0.05, 0.1) is 5.69 Å². The van der Waals surface area contributed by atoms with Gasteiger partial charge in [0.25, 0.3) is 0 Å². The van der Waals surface area contributed by atoms with Crippen LogP contribution in [0.25, 0.3) is 0 Å². The summed E-state index contributed by atoms with van der Waals surface area (Å²) in [6, 6.07) is 5.37. The minimum Gasteiger partial charge on any atom is -0.399 e. The van der Waals surface area contributed by atoms with Crippen LogP contribution < -0.4 is 16.4 Å². The lowest BCUT2D eigenvalue weighted by molar-refractivity contribution is -0.118. The summed E-state index contributed by atoms with van der Waals surface area (Å²) in [4.78, 5) is 22.7. The smallest absolute Gasteiger partial charge is 0.221 e. The molecular weight excluding hydrogens is 250 g/mol. The third-order valence-electron chi connectivity index (χ3n) is 2.05. The largest absolute Gasteiger partial charge is 0.399 e. The van der Waals surface area contributed by atoms with Crippen molar-refractivity contribution < 1.29 is 9.59 Å². The highest BCUT2D eigenvalue weighted by Gasteiger charge is 2.05. The maximum absolute atomic E-state index is 11.1. The predicted octanol–water partition coefficient (Wildman–Crippen LogP) is 1.46. The molecule has 1 aromatic carbocycles. The molecule has 0 spiro atoms. The van der Waals surface area contributed by atoms with Crippen LogP contribution in [0.4, 0.5) is 11.4 Å². The van der Waals surface area contributed by atoms with Gasteiger partial charge in [-0.25, -0.2) is 0 Å². The number of anilines is 2. The fourth-order valence-corrected chi connectivity index (χ4v) is 2.20. The number of amides is 2. The van der Waals surface area contributed by atoms with E-state index in [9.17, 15) is 9.59 Å². The Bertz CT molecular complexity index is 449. The molecule has 1 rings (SSSR count). The zero-order valence-electron chi connectivity index (χ0n) is 10.4. The molecule has 0 fully saturated rings. The molecule has 1 aromatic rings. The van der Waals surface area contributed by atoms with Gasteiger partial charge >= 0.3 is 0 Å². The number of thioether (sulfide) groups is 1. The van der Waals surface area contributed by atoms with E-state index in [1.165, 1.54) is 13.8 Å². The Labute approximate surface area is 111 Å². The van der Waals surface area contributed by atoms with Gasteiger partial charge in [-0.05, 0) is 18.2 Å². The number of benzene rings is 1. The molecule has 2 amide bonds. The summed E-state index contributed by atoms with van der Waals surface area (Å²) in [7, 11) is 0. The molecule has 0 atom stereocenters. The second-order valence-electron chi connectivity index (χ2n) is 3.77. The van der Waals surface area contributed by atoms with Gasteiger partial charge in [-0.15, -0.1) is 11.8 Å². The molecule has 4 N–H and O–H groups in total. The van der Waals surface area contributed by atoms with Crippen LogP contribution in [0.5, 0.6) is 0 Å². The van der Waals surface area contributed by atoms with Crippen molar-refractivity contribution >= 4 is 35.0 Å². The summed E-state index contributed by atoms with van der Waals surface area (Å²) >= 11 is 1.55. The highest BCUT2D eigenvalue weighted by molar-refractivity contribution is 7.99. The van der Waals surface area contributed by atoms with Crippen LogP contribution in [-0.2, 0) is 9.59 Å². The molecule has 0 saturated carbocycles. The molecule has 5 nitrogen and oxygen atoms in total. The number of hydrogen-bond acceptors (Lipinski definition) is 4. The molecule has 0 aromatic heterocycles. The number of carbonyl (C=O) groups is 2. The SMILES string of the molecule is CC(=O)NCCSc1ccc(N)cc1NC(C)=O. The van der Waals surface area contributed by atoms with E-state index in [1.807, 2.05) is 6.07 Å².